The van der Waals surface area contributed by atoms with Crippen molar-refractivity contribution in [1.29, 1.82) is 0 Å². The highest BCUT2D eigenvalue weighted by Crippen LogP contribution is 2.32. The van der Waals surface area contributed by atoms with E-state index < -0.39 is 0 Å². The second-order valence-corrected chi connectivity index (χ2v) is 6.44. The Morgan fingerprint density at radius 1 is 1.00 bits per heavy atom. The first-order valence-corrected chi connectivity index (χ1v) is 8.51. The fourth-order valence-corrected chi connectivity index (χ4v) is 3.50. The van der Waals surface area contributed by atoms with Crippen molar-refractivity contribution in [3.63, 3.8) is 0 Å². The molecule has 1 aromatic heterocycles. The highest BCUT2D eigenvalue weighted by atomic mass is 32.1. The SMILES string of the molecule is c1nc(CN2CCN(Cc3ccc4c(c3)OCO4)CC2)cs1. The second kappa shape index (κ2) is 6.24. The van der Waals surface area contributed by atoms with E-state index in [-0.39, 0.29) is 0 Å². The van der Waals surface area contributed by atoms with Crippen molar-refractivity contribution < 1.29 is 9.47 Å². The van der Waals surface area contributed by atoms with E-state index in [4.69, 9.17) is 9.47 Å². The summed E-state index contributed by atoms with van der Waals surface area (Å²) in [4.78, 5) is 9.34. The zero-order valence-electron chi connectivity index (χ0n) is 12.4. The minimum absolute atomic E-state index is 0.341. The lowest BCUT2D eigenvalue weighted by atomic mass is 10.1. The number of ether oxygens (including phenoxy) is 2. The van der Waals surface area contributed by atoms with Crippen LogP contribution in [0, 0.1) is 0 Å². The molecule has 5 nitrogen and oxygen atoms in total. The summed E-state index contributed by atoms with van der Waals surface area (Å²) in [5.74, 6) is 1.73. The summed E-state index contributed by atoms with van der Waals surface area (Å²) in [5.41, 5.74) is 4.39. The molecular formula is C16H19N3O2S. The first kappa shape index (κ1) is 14.0. The van der Waals surface area contributed by atoms with Crippen LogP contribution in [0.15, 0.2) is 29.1 Å². The van der Waals surface area contributed by atoms with E-state index in [0.717, 1.165) is 50.8 Å². The third-order valence-electron chi connectivity index (χ3n) is 4.18. The van der Waals surface area contributed by atoms with Crippen LogP contribution < -0.4 is 9.47 Å². The summed E-state index contributed by atoms with van der Waals surface area (Å²) in [6.45, 7) is 6.68. The Morgan fingerprint density at radius 3 is 2.55 bits per heavy atom. The van der Waals surface area contributed by atoms with E-state index in [1.54, 1.807) is 11.3 Å². The molecule has 0 amide bonds. The summed E-state index contributed by atoms with van der Waals surface area (Å²) in [6, 6.07) is 6.25. The lowest BCUT2D eigenvalue weighted by molar-refractivity contribution is 0.121. The fraction of sp³-hybridized carbons (Fsp3) is 0.438. The maximum atomic E-state index is 5.45. The average molecular weight is 317 g/mol. The van der Waals surface area contributed by atoms with Gasteiger partial charge in [-0.2, -0.15) is 0 Å². The number of fused-ring (bicyclic) bond motifs is 1. The molecule has 2 aromatic rings. The van der Waals surface area contributed by atoms with E-state index in [9.17, 15) is 0 Å². The minimum Gasteiger partial charge on any atom is -0.454 e. The zero-order valence-corrected chi connectivity index (χ0v) is 13.2. The molecule has 0 aliphatic carbocycles. The van der Waals surface area contributed by atoms with Gasteiger partial charge in [-0.15, -0.1) is 11.3 Å². The lowest BCUT2D eigenvalue weighted by Crippen LogP contribution is -2.45. The Hall–Kier alpha value is -1.63. The quantitative estimate of drug-likeness (QED) is 0.864. The molecule has 116 valence electrons. The van der Waals surface area contributed by atoms with E-state index >= 15 is 0 Å². The topological polar surface area (TPSA) is 37.8 Å². The van der Waals surface area contributed by atoms with Gasteiger partial charge in [0.2, 0.25) is 6.79 Å². The molecule has 1 saturated heterocycles. The third-order valence-corrected chi connectivity index (χ3v) is 4.81. The molecular weight excluding hydrogens is 298 g/mol. The molecule has 0 spiro atoms. The van der Waals surface area contributed by atoms with Crippen molar-refractivity contribution in [2.24, 2.45) is 0 Å². The molecule has 6 heteroatoms. The minimum atomic E-state index is 0.341. The normalized spacial score (nSPS) is 18.7. The number of thiazole rings is 1. The lowest BCUT2D eigenvalue weighted by Gasteiger charge is -2.34. The maximum absolute atomic E-state index is 5.45. The number of rotatable bonds is 4. The molecule has 0 saturated carbocycles. The monoisotopic (exact) mass is 317 g/mol. The number of hydrogen-bond donors (Lipinski definition) is 0. The van der Waals surface area contributed by atoms with Crippen LogP contribution in [0.1, 0.15) is 11.3 Å². The standard InChI is InChI=1S/C16H19N3O2S/c1-2-15-16(21-12-20-15)7-13(1)8-18-3-5-19(6-4-18)9-14-10-22-11-17-14/h1-2,7,10-11H,3-6,8-9,12H2. The molecule has 4 rings (SSSR count). The first-order chi connectivity index (χ1) is 10.9. The van der Waals surface area contributed by atoms with Crippen LogP contribution in [0.5, 0.6) is 11.5 Å². The average Bonchev–Trinajstić information content (AvgIpc) is 3.20. The van der Waals surface area contributed by atoms with Crippen molar-refractivity contribution >= 4 is 11.3 Å². The molecule has 22 heavy (non-hydrogen) atoms. The Kier molecular flexibility index (Phi) is 3.97. The molecule has 0 N–H and O–H groups in total. The van der Waals surface area contributed by atoms with Gasteiger partial charge in [0.25, 0.3) is 0 Å². The molecule has 1 fully saturated rings. The van der Waals surface area contributed by atoms with Crippen LogP contribution in [-0.2, 0) is 13.1 Å². The summed E-state index contributed by atoms with van der Waals surface area (Å²) < 4.78 is 10.8. The predicted molar refractivity (Wildman–Crippen MR) is 85.2 cm³/mol. The van der Waals surface area contributed by atoms with Crippen LogP contribution in [-0.4, -0.2) is 47.8 Å². The van der Waals surface area contributed by atoms with Gasteiger partial charge in [-0.05, 0) is 17.7 Å². The molecule has 0 bridgehead atoms. The maximum Gasteiger partial charge on any atom is 0.231 e. The Labute approximate surface area is 134 Å². The Balaban J connectivity index is 1.30. The molecule has 3 heterocycles. The van der Waals surface area contributed by atoms with Crippen molar-refractivity contribution in [2.45, 2.75) is 13.1 Å². The first-order valence-electron chi connectivity index (χ1n) is 7.57. The molecule has 2 aliphatic heterocycles. The van der Waals surface area contributed by atoms with E-state index in [1.807, 2.05) is 11.6 Å². The van der Waals surface area contributed by atoms with E-state index in [1.165, 1.54) is 11.3 Å². The van der Waals surface area contributed by atoms with Crippen molar-refractivity contribution in [3.05, 3.63) is 40.3 Å². The molecule has 0 atom stereocenters. The number of benzene rings is 1. The summed E-state index contributed by atoms with van der Waals surface area (Å²) >= 11 is 1.67. The fourth-order valence-electron chi connectivity index (χ4n) is 2.95. The van der Waals surface area contributed by atoms with Gasteiger partial charge >= 0.3 is 0 Å². The van der Waals surface area contributed by atoms with Gasteiger partial charge in [0.15, 0.2) is 11.5 Å². The smallest absolute Gasteiger partial charge is 0.231 e. The van der Waals surface area contributed by atoms with E-state index in [2.05, 4.69) is 32.3 Å². The molecule has 1 aromatic carbocycles. The van der Waals surface area contributed by atoms with Crippen LogP contribution in [0.3, 0.4) is 0 Å². The number of nitrogens with zero attached hydrogens (tertiary/aromatic N) is 3. The van der Waals surface area contributed by atoms with Crippen molar-refractivity contribution in [2.75, 3.05) is 33.0 Å². The number of piperazine rings is 1. The highest BCUT2D eigenvalue weighted by molar-refractivity contribution is 7.07. The van der Waals surface area contributed by atoms with Gasteiger partial charge in [-0.25, -0.2) is 4.98 Å². The van der Waals surface area contributed by atoms with Gasteiger partial charge in [-0.1, -0.05) is 6.07 Å². The van der Waals surface area contributed by atoms with Crippen LogP contribution in [0.2, 0.25) is 0 Å². The van der Waals surface area contributed by atoms with Crippen LogP contribution in [0.4, 0.5) is 0 Å². The molecule has 0 radical (unpaired) electrons. The largest absolute Gasteiger partial charge is 0.454 e. The van der Waals surface area contributed by atoms with Gasteiger partial charge in [0.05, 0.1) is 11.2 Å². The second-order valence-electron chi connectivity index (χ2n) is 5.72. The summed E-state index contributed by atoms with van der Waals surface area (Å²) in [5, 5.41) is 2.14. The number of aromatic nitrogens is 1. The summed E-state index contributed by atoms with van der Waals surface area (Å²) in [6.07, 6.45) is 0. The Morgan fingerprint density at radius 2 is 1.77 bits per heavy atom. The van der Waals surface area contributed by atoms with E-state index in [0.29, 0.717) is 6.79 Å². The zero-order chi connectivity index (χ0) is 14.8. The molecule has 0 unspecified atom stereocenters. The Bertz CT molecular complexity index is 624. The summed E-state index contributed by atoms with van der Waals surface area (Å²) in [7, 11) is 0. The predicted octanol–water partition coefficient (Wildman–Crippen LogP) is 2.19. The van der Waals surface area contributed by atoms with Gasteiger partial charge in [-0.3, -0.25) is 9.80 Å². The third kappa shape index (κ3) is 3.09. The number of hydrogen-bond acceptors (Lipinski definition) is 6. The van der Waals surface area contributed by atoms with Crippen molar-refractivity contribution in [3.8, 4) is 11.5 Å². The van der Waals surface area contributed by atoms with Gasteiger partial charge < -0.3 is 9.47 Å². The highest BCUT2D eigenvalue weighted by Gasteiger charge is 2.19. The van der Waals surface area contributed by atoms with Crippen LogP contribution >= 0.6 is 11.3 Å². The van der Waals surface area contributed by atoms with Crippen molar-refractivity contribution in [1.82, 2.24) is 14.8 Å². The van der Waals surface area contributed by atoms with Gasteiger partial charge in [0.1, 0.15) is 0 Å². The van der Waals surface area contributed by atoms with Gasteiger partial charge in [0, 0.05) is 44.6 Å². The molecule has 2 aliphatic rings. The van der Waals surface area contributed by atoms with Crippen LogP contribution in [0.25, 0.3) is 0 Å².